The van der Waals surface area contributed by atoms with Crippen LogP contribution < -0.4 is 57.4 Å². The molecule has 0 amide bonds. The summed E-state index contributed by atoms with van der Waals surface area (Å²) < 4.78 is 106. The molecule has 204 valence electrons. The van der Waals surface area contributed by atoms with Crippen molar-refractivity contribution >= 4 is 30.1 Å². The van der Waals surface area contributed by atoms with Gasteiger partial charge in [0.05, 0.1) is 9.79 Å². The number of ether oxygens (including phenoxy) is 2. The summed E-state index contributed by atoms with van der Waals surface area (Å²) in [6.45, 7) is 0. The molecular weight excluding hydrogens is 590 g/mol. The first kappa shape index (κ1) is 34.2. The van der Waals surface area contributed by atoms with Gasteiger partial charge in [0.2, 0.25) is 9.84 Å². The molecule has 0 aliphatic rings. The molecule has 4 aromatic rings. The Morgan fingerprint density at radius 1 is 0.488 bits per heavy atom. The van der Waals surface area contributed by atoms with E-state index in [1.165, 1.54) is 36.4 Å². The van der Waals surface area contributed by atoms with Crippen LogP contribution in [0.2, 0.25) is 0 Å². The van der Waals surface area contributed by atoms with Crippen molar-refractivity contribution in [2.45, 2.75) is 19.6 Å². The Morgan fingerprint density at radius 3 is 1.15 bits per heavy atom. The number of hydrogen-bond acceptors (Lipinski definition) is 10. The minimum Gasteiger partial charge on any atom is -0.872 e. The summed E-state index contributed by atoms with van der Waals surface area (Å²) >= 11 is 0. The molecule has 0 unspecified atom stereocenters. The molecule has 0 fully saturated rings. The number of rotatable bonds is 8. The number of sulfone groups is 1. The van der Waals surface area contributed by atoms with Crippen LogP contribution in [0.3, 0.4) is 0 Å². The smallest absolute Gasteiger partial charge is 0.872 e. The van der Waals surface area contributed by atoms with E-state index in [-0.39, 0.29) is 60.7 Å². The van der Waals surface area contributed by atoms with Crippen LogP contribution in [0.25, 0.3) is 0 Å². The maximum atomic E-state index is 13.5. The normalized spacial score (nSPS) is 11.6. The summed E-state index contributed by atoms with van der Waals surface area (Å²) in [6.07, 6.45) is 0. The summed E-state index contributed by atoms with van der Waals surface area (Å²) in [5.74, 6) is -1.41. The molecule has 0 heterocycles. The Kier molecular flexibility index (Phi) is 10.8. The quantitative estimate of drug-likeness (QED) is 0.150. The van der Waals surface area contributed by atoms with Gasteiger partial charge in [-0.3, -0.25) is 9.11 Å². The van der Waals surface area contributed by atoms with Gasteiger partial charge in [0.15, 0.2) is 0 Å². The molecule has 0 atom stereocenters. The van der Waals surface area contributed by atoms with Crippen LogP contribution >= 0.6 is 0 Å². The van der Waals surface area contributed by atoms with Crippen LogP contribution in [0.5, 0.6) is 34.5 Å². The van der Waals surface area contributed by atoms with Gasteiger partial charge in [-0.1, -0.05) is 24.3 Å². The van der Waals surface area contributed by atoms with E-state index >= 15 is 0 Å². The van der Waals surface area contributed by atoms with Gasteiger partial charge in [-0.25, -0.2) is 8.42 Å². The first-order chi connectivity index (χ1) is 18.1. The molecule has 4 rings (SSSR count). The molecule has 0 aromatic heterocycles. The van der Waals surface area contributed by atoms with E-state index in [0.717, 1.165) is 36.4 Å². The van der Waals surface area contributed by atoms with Crippen molar-refractivity contribution in [1.29, 1.82) is 0 Å². The summed E-state index contributed by atoms with van der Waals surface area (Å²) in [7, 11) is -15.5. The summed E-state index contributed by atoms with van der Waals surface area (Å²) in [5, 5.41) is 23.0. The average Bonchev–Trinajstić information content (AvgIpc) is 2.83. The molecule has 12 nitrogen and oxygen atoms in total. The minimum absolute atomic E-state index is 0. The largest absolute Gasteiger partial charge is 1.00 e. The van der Waals surface area contributed by atoms with Crippen molar-refractivity contribution in [1.82, 2.24) is 0 Å². The maximum absolute atomic E-state index is 13.5. The zero-order chi connectivity index (χ0) is 28.6. The zero-order valence-electron chi connectivity index (χ0n) is 21.3. The fourth-order valence-corrected chi connectivity index (χ4v) is 7.26. The van der Waals surface area contributed by atoms with Crippen LogP contribution in [-0.2, 0) is 30.1 Å². The molecule has 0 bridgehead atoms. The third-order valence-electron chi connectivity index (χ3n) is 5.05. The van der Waals surface area contributed by atoms with Crippen LogP contribution in [-0.4, -0.2) is 34.4 Å². The van der Waals surface area contributed by atoms with Crippen molar-refractivity contribution in [3.8, 4) is 34.5 Å². The molecule has 0 aliphatic heterocycles. The summed E-state index contributed by atoms with van der Waals surface area (Å²) in [4.78, 5) is -4.39. The molecule has 0 saturated carbocycles. The topological polar surface area (TPSA) is 207 Å². The fourth-order valence-electron chi connectivity index (χ4n) is 3.42. The number of hydrogen-bond donors (Lipinski definition) is 2. The van der Waals surface area contributed by atoms with Gasteiger partial charge < -0.3 is 19.7 Å². The predicted molar refractivity (Wildman–Crippen MR) is 130 cm³/mol. The Hall–Kier alpha value is -2.96. The third kappa shape index (κ3) is 8.08. The van der Waals surface area contributed by atoms with E-state index in [0.29, 0.717) is 12.1 Å². The second-order valence-corrected chi connectivity index (χ2v) is 12.5. The van der Waals surface area contributed by atoms with Crippen LogP contribution in [0.15, 0.2) is 105 Å². The molecule has 41 heavy (non-hydrogen) atoms. The fraction of sp³-hybridized carbons (Fsp3) is 0. The Labute approximate surface area is 259 Å². The van der Waals surface area contributed by atoms with E-state index < -0.39 is 61.2 Å². The van der Waals surface area contributed by atoms with Gasteiger partial charge in [0, 0.05) is 12.1 Å². The SMILES string of the molecule is O=S(=O)(O)c1cc(Oc2cccc([O-])c2)ccc1S(=O)(=O)c1ccc(Oc2cccc([O-])c2)cc1S(=O)(=O)O.[Li+].[Li+]. The van der Waals surface area contributed by atoms with Crippen LogP contribution in [0.4, 0.5) is 0 Å². The van der Waals surface area contributed by atoms with Gasteiger partial charge in [-0.2, -0.15) is 16.8 Å². The van der Waals surface area contributed by atoms with Crippen LogP contribution in [0, 0.1) is 0 Å². The molecule has 4 aromatic carbocycles. The predicted octanol–water partition coefficient (Wildman–Crippen LogP) is -3.25. The van der Waals surface area contributed by atoms with E-state index in [1.54, 1.807) is 0 Å². The van der Waals surface area contributed by atoms with Gasteiger partial charge >= 0.3 is 37.7 Å². The zero-order valence-corrected chi connectivity index (χ0v) is 23.7. The third-order valence-corrected chi connectivity index (χ3v) is 8.96. The molecule has 2 N–H and O–H groups in total. The van der Waals surface area contributed by atoms with Gasteiger partial charge in [-0.05, 0) is 48.5 Å². The molecule has 0 spiro atoms. The Morgan fingerprint density at radius 2 is 0.829 bits per heavy atom. The van der Waals surface area contributed by atoms with Gasteiger partial charge in [0.25, 0.3) is 20.2 Å². The molecule has 0 aliphatic carbocycles. The number of benzene rings is 4. The molecule has 17 heteroatoms. The van der Waals surface area contributed by atoms with Crippen molar-refractivity contribution in [2.75, 3.05) is 0 Å². The van der Waals surface area contributed by atoms with Crippen LogP contribution in [0.1, 0.15) is 0 Å². The van der Waals surface area contributed by atoms with E-state index in [1.807, 2.05) is 0 Å². The monoisotopic (exact) mass is 606 g/mol. The summed E-state index contributed by atoms with van der Waals surface area (Å²) in [6, 6.07) is 14.9. The van der Waals surface area contributed by atoms with E-state index in [4.69, 9.17) is 9.47 Å². The second-order valence-electron chi connectivity index (χ2n) is 7.82. The molecular formula is C24H16Li2O12S3. The van der Waals surface area contributed by atoms with Crippen molar-refractivity contribution in [3.05, 3.63) is 84.9 Å². The van der Waals surface area contributed by atoms with Crippen molar-refractivity contribution in [3.63, 3.8) is 0 Å². The van der Waals surface area contributed by atoms with E-state index in [9.17, 15) is 44.6 Å². The maximum Gasteiger partial charge on any atom is 1.00 e. The minimum atomic E-state index is -5.24. The average molecular weight is 606 g/mol. The molecule has 0 saturated heterocycles. The Balaban J connectivity index is 0.00000294. The van der Waals surface area contributed by atoms with Gasteiger partial charge in [-0.15, -0.1) is 11.5 Å². The van der Waals surface area contributed by atoms with E-state index in [2.05, 4.69) is 0 Å². The first-order valence-electron chi connectivity index (χ1n) is 10.5. The second kappa shape index (κ2) is 12.9. The first-order valence-corrected chi connectivity index (χ1v) is 14.9. The van der Waals surface area contributed by atoms with Crippen molar-refractivity contribution < 1.29 is 91.8 Å². The summed E-state index contributed by atoms with van der Waals surface area (Å²) in [5.41, 5.74) is 0. The Bertz CT molecular complexity index is 1780. The van der Waals surface area contributed by atoms with Crippen molar-refractivity contribution in [2.24, 2.45) is 0 Å². The van der Waals surface area contributed by atoms with Gasteiger partial charge in [0.1, 0.15) is 32.8 Å². The standard InChI is InChI=1S/C24H18O12S3.2Li/c25-15-3-1-5-17(11-15)35-19-7-9-21(23(13-19)38(29,30)31)37(27,28)22-10-8-20(14-24(22)39(32,33)34)36-18-6-2-4-16(26)12-18;;/h1-14,25-26H,(H,29,30,31)(H,32,33,34);;/q;2*+1/p-2. The molecule has 0 radical (unpaired) electrons.